The zero-order valence-electron chi connectivity index (χ0n) is 14.7. The van der Waals surface area contributed by atoms with Crippen LogP contribution in [0.2, 0.25) is 0 Å². The first-order valence-electron chi connectivity index (χ1n) is 8.28. The highest BCUT2D eigenvalue weighted by Crippen LogP contribution is 2.32. The summed E-state index contributed by atoms with van der Waals surface area (Å²) in [5.41, 5.74) is 3.48. The molecule has 0 saturated heterocycles. The SMILES string of the molecule is Cc1nccc(C(=O)Nc2ccc(-c3nc4cc(F)ccc4s3)cc2C)n1. The van der Waals surface area contributed by atoms with Crippen molar-refractivity contribution in [2.24, 2.45) is 0 Å². The Morgan fingerprint density at radius 1 is 1.07 bits per heavy atom. The van der Waals surface area contributed by atoms with Gasteiger partial charge >= 0.3 is 0 Å². The summed E-state index contributed by atoms with van der Waals surface area (Å²) >= 11 is 1.50. The summed E-state index contributed by atoms with van der Waals surface area (Å²) in [5.74, 6) is -0.0395. The lowest BCUT2D eigenvalue weighted by Crippen LogP contribution is -2.15. The first-order chi connectivity index (χ1) is 13.0. The first kappa shape index (κ1) is 17.2. The summed E-state index contributed by atoms with van der Waals surface area (Å²) in [7, 11) is 0. The topological polar surface area (TPSA) is 67.8 Å². The molecule has 0 aliphatic rings. The highest BCUT2D eigenvalue weighted by Gasteiger charge is 2.12. The molecular weight excluding hydrogens is 363 g/mol. The number of fused-ring (bicyclic) bond motifs is 1. The van der Waals surface area contributed by atoms with Gasteiger partial charge in [-0.1, -0.05) is 0 Å². The van der Waals surface area contributed by atoms with Crippen LogP contribution in [0.5, 0.6) is 0 Å². The third-order valence-electron chi connectivity index (χ3n) is 4.08. The standard InChI is InChI=1S/C20H15FN4OS/c1-11-9-13(20-25-17-10-14(21)4-6-18(17)27-20)3-5-15(11)24-19(26)16-7-8-22-12(2)23-16/h3-10H,1-2H3,(H,24,26). The van der Waals surface area contributed by atoms with Crippen molar-refractivity contribution in [3.05, 3.63) is 71.6 Å². The number of nitrogens with zero attached hydrogens (tertiary/aromatic N) is 3. The quantitative estimate of drug-likeness (QED) is 0.558. The van der Waals surface area contributed by atoms with Gasteiger partial charge in [-0.25, -0.2) is 19.3 Å². The van der Waals surface area contributed by atoms with E-state index in [1.807, 2.05) is 25.1 Å². The lowest BCUT2D eigenvalue weighted by molar-refractivity contribution is 0.102. The molecule has 0 fully saturated rings. The summed E-state index contributed by atoms with van der Waals surface area (Å²) < 4.78 is 14.3. The summed E-state index contributed by atoms with van der Waals surface area (Å²) in [5, 5.41) is 3.68. The molecule has 4 aromatic rings. The predicted molar refractivity (Wildman–Crippen MR) is 104 cm³/mol. The lowest BCUT2D eigenvalue weighted by atomic mass is 10.1. The number of thiazole rings is 1. The number of carbonyl (C=O) groups excluding carboxylic acids is 1. The molecule has 1 amide bonds. The number of aromatic nitrogens is 3. The van der Waals surface area contributed by atoms with Crippen LogP contribution in [0.25, 0.3) is 20.8 Å². The maximum atomic E-state index is 13.4. The number of amides is 1. The van der Waals surface area contributed by atoms with Crippen molar-refractivity contribution in [1.82, 2.24) is 15.0 Å². The fourth-order valence-corrected chi connectivity index (χ4v) is 3.67. The van der Waals surface area contributed by atoms with Gasteiger partial charge < -0.3 is 5.32 Å². The van der Waals surface area contributed by atoms with Gasteiger partial charge in [0.25, 0.3) is 5.91 Å². The second-order valence-electron chi connectivity index (χ2n) is 6.10. The highest BCUT2D eigenvalue weighted by atomic mass is 32.1. The molecule has 2 aromatic heterocycles. The summed E-state index contributed by atoms with van der Waals surface area (Å²) in [6.45, 7) is 3.65. The van der Waals surface area contributed by atoms with E-state index in [-0.39, 0.29) is 11.7 Å². The van der Waals surface area contributed by atoms with E-state index >= 15 is 0 Å². The Morgan fingerprint density at radius 3 is 2.70 bits per heavy atom. The fraction of sp³-hybridized carbons (Fsp3) is 0.100. The minimum absolute atomic E-state index is 0.285. The lowest BCUT2D eigenvalue weighted by Gasteiger charge is -2.09. The van der Waals surface area contributed by atoms with Gasteiger partial charge in [-0.3, -0.25) is 4.79 Å². The second kappa shape index (κ2) is 6.85. The Bertz CT molecular complexity index is 1170. The van der Waals surface area contributed by atoms with Crippen molar-refractivity contribution in [2.75, 3.05) is 5.32 Å². The van der Waals surface area contributed by atoms with Crippen LogP contribution in [-0.2, 0) is 0 Å². The molecule has 7 heteroatoms. The highest BCUT2D eigenvalue weighted by molar-refractivity contribution is 7.21. The molecule has 4 rings (SSSR count). The molecule has 2 heterocycles. The van der Waals surface area contributed by atoms with Crippen LogP contribution in [-0.4, -0.2) is 20.9 Å². The van der Waals surface area contributed by atoms with Gasteiger partial charge in [0.15, 0.2) is 0 Å². The van der Waals surface area contributed by atoms with Crippen LogP contribution in [0, 0.1) is 19.7 Å². The summed E-state index contributed by atoms with van der Waals surface area (Å²) in [4.78, 5) is 25.0. The van der Waals surface area contributed by atoms with Crippen LogP contribution in [0.4, 0.5) is 10.1 Å². The van der Waals surface area contributed by atoms with Crippen LogP contribution in [0.1, 0.15) is 21.9 Å². The number of rotatable bonds is 3. The van der Waals surface area contributed by atoms with E-state index in [1.54, 1.807) is 25.3 Å². The van der Waals surface area contributed by atoms with Crippen LogP contribution < -0.4 is 5.32 Å². The second-order valence-corrected chi connectivity index (χ2v) is 7.13. The van der Waals surface area contributed by atoms with Crippen molar-refractivity contribution in [3.63, 3.8) is 0 Å². The molecular formula is C20H15FN4OS. The minimum atomic E-state index is -0.298. The molecule has 1 N–H and O–H groups in total. The van der Waals surface area contributed by atoms with E-state index < -0.39 is 0 Å². The number of carbonyl (C=O) groups is 1. The van der Waals surface area contributed by atoms with Crippen LogP contribution in [0.3, 0.4) is 0 Å². The van der Waals surface area contributed by atoms with E-state index in [4.69, 9.17) is 0 Å². The third kappa shape index (κ3) is 3.54. The number of hydrogen-bond donors (Lipinski definition) is 1. The van der Waals surface area contributed by atoms with Crippen molar-refractivity contribution in [3.8, 4) is 10.6 Å². The largest absolute Gasteiger partial charge is 0.320 e. The molecule has 0 unspecified atom stereocenters. The van der Waals surface area contributed by atoms with Gasteiger partial charge in [-0.2, -0.15) is 0 Å². The van der Waals surface area contributed by atoms with E-state index in [0.29, 0.717) is 22.7 Å². The Kier molecular flexibility index (Phi) is 4.37. The minimum Gasteiger partial charge on any atom is -0.320 e. The van der Waals surface area contributed by atoms with Gasteiger partial charge in [-0.15, -0.1) is 11.3 Å². The smallest absolute Gasteiger partial charge is 0.274 e. The number of halogens is 1. The maximum absolute atomic E-state index is 13.4. The van der Waals surface area contributed by atoms with Gasteiger partial charge in [0.05, 0.1) is 10.2 Å². The summed E-state index contributed by atoms with van der Waals surface area (Å²) in [6, 6.07) is 11.9. The Morgan fingerprint density at radius 2 is 1.93 bits per heavy atom. The Labute approximate surface area is 158 Å². The molecule has 0 bridgehead atoms. The third-order valence-corrected chi connectivity index (χ3v) is 5.17. The van der Waals surface area contributed by atoms with Crippen LogP contribution >= 0.6 is 11.3 Å². The van der Waals surface area contributed by atoms with E-state index in [2.05, 4.69) is 20.3 Å². The van der Waals surface area contributed by atoms with Gasteiger partial charge in [0, 0.05) is 23.5 Å². The van der Waals surface area contributed by atoms with Gasteiger partial charge in [0.1, 0.15) is 22.3 Å². The normalized spacial score (nSPS) is 10.9. The van der Waals surface area contributed by atoms with E-state index in [9.17, 15) is 9.18 Å². The molecule has 0 atom stereocenters. The predicted octanol–water partition coefficient (Wildman–Crippen LogP) is 4.76. The number of anilines is 1. The summed E-state index contributed by atoms with van der Waals surface area (Å²) in [6.07, 6.45) is 1.56. The zero-order valence-corrected chi connectivity index (χ0v) is 15.5. The molecule has 134 valence electrons. The number of benzene rings is 2. The van der Waals surface area contributed by atoms with Crippen molar-refractivity contribution < 1.29 is 9.18 Å². The monoisotopic (exact) mass is 378 g/mol. The van der Waals surface area contributed by atoms with E-state index in [0.717, 1.165) is 20.8 Å². The van der Waals surface area contributed by atoms with Crippen LogP contribution in [0.15, 0.2) is 48.7 Å². The van der Waals surface area contributed by atoms with E-state index in [1.165, 1.54) is 23.5 Å². The molecule has 27 heavy (non-hydrogen) atoms. The maximum Gasteiger partial charge on any atom is 0.274 e. The van der Waals surface area contributed by atoms with Crippen molar-refractivity contribution >= 4 is 33.1 Å². The molecule has 0 radical (unpaired) electrons. The van der Waals surface area contributed by atoms with Gasteiger partial charge in [-0.05, 0) is 55.8 Å². The molecule has 5 nitrogen and oxygen atoms in total. The molecule has 0 aliphatic carbocycles. The molecule has 0 aliphatic heterocycles. The van der Waals surface area contributed by atoms with Gasteiger partial charge in [0.2, 0.25) is 0 Å². The Balaban J connectivity index is 1.61. The van der Waals surface area contributed by atoms with Crippen molar-refractivity contribution in [2.45, 2.75) is 13.8 Å². The first-order valence-corrected chi connectivity index (χ1v) is 9.09. The number of hydrogen-bond acceptors (Lipinski definition) is 5. The molecule has 0 saturated carbocycles. The molecule has 2 aromatic carbocycles. The average Bonchev–Trinajstić information content (AvgIpc) is 3.06. The average molecular weight is 378 g/mol. The Hall–Kier alpha value is -3.19. The fourth-order valence-electron chi connectivity index (χ4n) is 2.73. The zero-order chi connectivity index (χ0) is 19.0. The number of aryl methyl sites for hydroxylation is 2. The molecule has 0 spiro atoms. The van der Waals surface area contributed by atoms with Crippen molar-refractivity contribution in [1.29, 1.82) is 0 Å². The number of nitrogens with one attached hydrogen (secondary N) is 1.